The highest BCUT2D eigenvalue weighted by molar-refractivity contribution is 9.10. The molecule has 2 amide bonds. The number of nitrogens with zero attached hydrogens (tertiary/aromatic N) is 1. The van der Waals surface area contributed by atoms with Crippen molar-refractivity contribution >= 4 is 43.5 Å². The molecule has 1 unspecified atom stereocenters. The summed E-state index contributed by atoms with van der Waals surface area (Å²) >= 11 is 3.18. The maximum Gasteiger partial charge on any atom is 0.246 e. The molecule has 7 nitrogen and oxygen atoms in total. The average molecular weight is 376 g/mol. The molecule has 1 fully saturated rings. The lowest BCUT2D eigenvalue weighted by atomic mass is 10.2. The average Bonchev–Trinajstić information content (AvgIpc) is 2.40. The molecule has 0 aromatic heterocycles. The summed E-state index contributed by atoms with van der Waals surface area (Å²) in [5.74, 6) is -1.27. The number of carbonyl (C=O) groups is 2. The Balaban J connectivity index is 2.53. The highest BCUT2D eigenvalue weighted by Gasteiger charge is 2.41. The molecule has 21 heavy (non-hydrogen) atoms. The van der Waals surface area contributed by atoms with E-state index >= 15 is 0 Å². The maximum absolute atomic E-state index is 12.7. The van der Waals surface area contributed by atoms with Crippen LogP contribution in [0, 0.1) is 0 Å². The van der Waals surface area contributed by atoms with Crippen molar-refractivity contribution in [1.82, 2.24) is 9.62 Å². The molecule has 1 saturated heterocycles. The number of benzene rings is 1. The SMILES string of the molecule is CCC1C(=O)NC(=O)CN1S(=O)(=O)c1cc(Br)ccc1N. The predicted octanol–water partition coefficient (Wildman–Crippen LogP) is 0.457. The molecule has 0 aliphatic carbocycles. The third-order valence-electron chi connectivity index (χ3n) is 3.16. The highest BCUT2D eigenvalue weighted by Crippen LogP contribution is 2.28. The Morgan fingerprint density at radius 1 is 1.43 bits per heavy atom. The Bertz CT molecular complexity index is 704. The minimum Gasteiger partial charge on any atom is -0.398 e. The molecule has 2 rings (SSSR count). The largest absolute Gasteiger partial charge is 0.398 e. The fourth-order valence-corrected chi connectivity index (χ4v) is 4.42. The van der Waals surface area contributed by atoms with Crippen molar-refractivity contribution in [3.63, 3.8) is 0 Å². The van der Waals surface area contributed by atoms with E-state index < -0.39 is 34.4 Å². The molecule has 1 aliphatic rings. The van der Waals surface area contributed by atoms with Crippen molar-refractivity contribution < 1.29 is 18.0 Å². The molecule has 1 aliphatic heterocycles. The van der Waals surface area contributed by atoms with Crippen LogP contribution in [0.15, 0.2) is 27.6 Å². The van der Waals surface area contributed by atoms with Crippen LogP contribution in [0.1, 0.15) is 13.3 Å². The van der Waals surface area contributed by atoms with Crippen LogP contribution in [0.5, 0.6) is 0 Å². The van der Waals surface area contributed by atoms with Crippen LogP contribution < -0.4 is 11.1 Å². The molecule has 3 N–H and O–H groups in total. The number of piperazine rings is 1. The standard InChI is InChI=1S/C12H14BrN3O4S/c1-2-9-12(18)15-11(17)6-16(9)21(19,20)10-5-7(13)3-4-8(10)14/h3-5,9H,2,6,14H2,1H3,(H,15,17,18). The lowest BCUT2D eigenvalue weighted by Crippen LogP contribution is -2.59. The van der Waals surface area contributed by atoms with Gasteiger partial charge >= 0.3 is 0 Å². The number of nitrogens with two attached hydrogens (primary N) is 1. The Morgan fingerprint density at radius 2 is 2.10 bits per heavy atom. The zero-order valence-electron chi connectivity index (χ0n) is 11.2. The molecule has 0 saturated carbocycles. The first kappa shape index (κ1) is 15.9. The number of nitrogen functional groups attached to an aromatic ring is 1. The van der Waals surface area contributed by atoms with Gasteiger partial charge in [0, 0.05) is 4.47 Å². The minimum atomic E-state index is -4.05. The summed E-state index contributed by atoms with van der Waals surface area (Å²) in [4.78, 5) is 23.2. The summed E-state index contributed by atoms with van der Waals surface area (Å²) in [6.45, 7) is 1.27. The first-order chi connectivity index (χ1) is 9.77. The fraction of sp³-hybridized carbons (Fsp3) is 0.333. The second kappa shape index (κ2) is 5.74. The van der Waals surface area contributed by atoms with Gasteiger partial charge in [0.15, 0.2) is 0 Å². The van der Waals surface area contributed by atoms with Gasteiger partial charge in [-0.05, 0) is 24.6 Å². The molecule has 1 atom stereocenters. The van der Waals surface area contributed by atoms with Gasteiger partial charge in [0.05, 0.1) is 12.2 Å². The van der Waals surface area contributed by atoms with E-state index in [0.29, 0.717) is 4.47 Å². The van der Waals surface area contributed by atoms with Gasteiger partial charge in [-0.15, -0.1) is 0 Å². The molecule has 1 aromatic rings. The minimum absolute atomic E-state index is 0.0616. The number of imide groups is 1. The van der Waals surface area contributed by atoms with Crippen molar-refractivity contribution in [3.8, 4) is 0 Å². The van der Waals surface area contributed by atoms with Gasteiger partial charge in [0.2, 0.25) is 21.8 Å². The van der Waals surface area contributed by atoms with E-state index in [1.54, 1.807) is 13.0 Å². The van der Waals surface area contributed by atoms with Crippen LogP contribution in [-0.4, -0.2) is 37.1 Å². The first-order valence-electron chi connectivity index (χ1n) is 6.18. The van der Waals surface area contributed by atoms with E-state index in [-0.39, 0.29) is 17.0 Å². The molecule has 0 bridgehead atoms. The molecular formula is C12H14BrN3O4S. The van der Waals surface area contributed by atoms with E-state index in [4.69, 9.17) is 5.73 Å². The second-order valence-corrected chi connectivity index (χ2v) is 7.34. The summed E-state index contributed by atoms with van der Waals surface area (Å²) in [7, 11) is -4.05. The van der Waals surface area contributed by atoms with Gasteiger partial charge in [0.1, 0.15) is 10.9 Å². The third kappa shape index (κ3) is 2.94. The van der Waals surface area contributed by atoms with Crippen LogP contribution in [0.25, 0.3) is 0 Å². The number of halogens is 1. The van der Waals surface area contributed by atoms with E-state index in [9.17, 15) is 18.0 Å². The summed E-state index contributed by atoms with van der Waals surface area (Å²) in [5.41, 5.74) is 5.79. The number of rotatable bonds is 3. The Morgan fingerprint density at radius 3 is 2.71 bits per heavy atom. The molecule has 1 heterocycles. The Kier molecular flexibility index (Phi) is 4.35. The number of amides is 2. The maximum atomic E-state index is 12.7. The van der Waals surface area contributed by atoms with Crippen molar-refractivity contribution in [2.24, 2.45) is 0 Å². The molecule has 1 aromatic carbocycles. The topological polar surface area (TPSA) is 110 Å². The summed E-state index contributed by atoms with van der Waals surface area (Å²) in [6.07, 6.45) is 0.256. The molecule has 9 heteroatoms. The fourth-order valence-electron chi connectivity index (χ4n) is 2.14. The Hall–Kier alpha value is -1.45. The second-order valence-electron chi connectivity index (χ2n) is 4.57. The van der Waals surface area contributed by atoms with Crippen LogP contribution in [0.4, 0.5) is 5.69 Å². The smallest absolute Gasteiger partial charge is 0.246 e. The zero-order valence-corrected chi connectivity index (χ0v) is 13.6. The van der Waals surface area contributed by atoms with Gasteiger partial charge in [0.25, 0.3) is 0 Å². The number of anilines is 1. The van der Waals surface area contributed by atoms with E-state index in [2.05, 4.69) is 21.2 Å². The van der Waals surface area contributed by atoms with Crippen LogP contribution in [-0.2, 0) is 19.6 Å². The van der Waals surface area contributed by atoms with E-state index in [0.717, 1.165) is 4.31 Å². The molecule has 0 spiro atoms. The number of hydrogen-bond acceptors (Lipinski definition) is 5. The molecule has 114 valence electrons. The molecular weight excluding hydrogens is 362 g/mol. The van der Waals surface area contributed by atoms with Gasteiger partial charge in [-0.25, -0.2) is 8.42 Å². The number of nitrogens with one attached hydrogen (secondary N) is 1. The van der Waals surface area contributed by atoms with Crippen LogP contribution >= 0.6 is 15.9 Å². The first-order valence-corrected chi connectivity index (χ1v) is 8.41. The van der Waals surface area contributed by atoms with Gasteiger partial charge < -0.3 is 5.73 Å². The van der Waals surface area contributed by atoms with Crippen molar-refractivity contribution in [3.05, 3.63) is 22.7 Å². The predicted molar refractivity (Wildman–Crippen MR) is 79.7 cm³/mol. The van der Waals surface area contributed by atoms with Crippen molar-refractivity contribution in [2.75, 3.05) is 12.3 Å². The van der Waals surface area contributed by atoms with Crippen molar-refractivity contribution in [1.29, 1.82) is 0 Å². The van der Waals surface area contributed by atoms with Crippen molar-refractivity contribution in [2.45, 2.75) is 24.3 Å². The lowest BCUT2D eigenvalue weighted by molar-refractivity contribution is -0.137. The van der Waals surface area contributed by atoms with E-state index in [1.807, 2.05) is 0 Å². The summed E-state index contributed by atoms with van der Waals surface area (Å²) < 4.78 is 26.9. The van der Waals surface area contributed by atoms with Gasteiger partial charge in [-0.2, -0.15) is 4.31 Å². The number of sulfonamides is 1. The molecule has 0 radical (unpaired) electrons. The highest BCUT2D eigenvalue weighted by atomic mass is 79.9. The number of hydrogen-bond donors (Lipinski definition) is 2. The zero-order chi connectivity index (χ0) is 15.8. The summed E-state index contributed by atoms with van der Waals surface area (Å²) in [6, 6.07) is 3.49. The Labute approximate surface area is 130 Å². The van der Waals surface area contributed by atoms with Gasteiger partial charge in [-0.3, -0.25) is 14.9 Å². The monoisotopic (exact) mass is 375 g/mol. The van der Waals surface area contributed by atoms with Crippen LogP contribution in [0.3, 0.4) is 0 Å². The normalized spacial score (nSPS) is 20.4. The van der Waals surface area contributed by atoms with E-state index in [1.165, 1.54) is 12.1 Å². The third-order valence-corrected chi connectivity index (χ3v) is 5.56. The lowest BCUT2D eigenvalue weighted by Gasteiger charge is -2.32. The van der Waals surface area contributed by atoms with Gasteiger partial charge in [-0.1, -0.05) is 22.9 Å². The number of carbonyl (C=O) groups excluding carboxylic acids is 2. The quantitative estimate of drug-likeness (QED) is 0.588. The van der Waals surface area contributed by atoms with Crippen LogP contribution in [0.2, 0.25) is 0 Å². The summed E-state index contributed by atoms with van der Waals surface area (Å²) in [5, 5.41) is 2.14.